The highest BCUT2D eigenvalue weighted by molar-refractivity contribution is 9.09. The minimum atomic E-state index is -0.574. The van der Waals surface area contributed by atoms with Crippen molar-refractivity contribution in [2.75, 3.05) is 164 Å². The first-order chi connectivity index (χ1) is 57.5. The Balaban J connectivity index is 0.000000168. The fourth-order valence-electron chi connectivity index (χ4n) is 12.3. The van der Waals surface area contributed by atoms with Gasteiger partial charge in [0.1, 0.15) is 86.7 Å². The number of carbonyl (C=O) groups is 2. The lowest BCUT2D eigenvalue weighted by atomic mass is 9.84. The first-order valence-corrected chi connectivity index (χ1v) is 40.2. The van der Waals surface area contributed by atoms with Crippen LogP contribution in [0.3, 0.4) is 0 Å². The van der Waals surface area contributed by atoms with Crippen LogP contribution in [0.5, 0.6) is 40.4 Å². The van der Waals surface area contributed by atoms with E-state index in [1.54, 1.807) is 43.9 Å². The first-order valence-electron chi connectivity index (χ1n) is 36.8. The van der Waals surface area contributed by atoms with Gasteiger partial charge >= 0.3 is 12.2 Å². The van der Waals surface area contributed by atoms with Crippen LogP contribution in [0, 0.1) is 48.5 Å². The van der Waals surface area contributed by atoms with Gasteiger partial charge < -0.3 is 97.9 Å². The smallest absolute Gasteiger partial charge is 0.410 e. The van der Waals surface area contributed by atoms with Gasteiger partial charge in [0.25, 0.3) is 5.88 Å². The quantitative estimate of drug-likeness (QED) is 0.0406. The maximum absolute atomic E-state index is 14.8. The molecule has 13 heterocycles. The number of aliphatic hydroxyl groups is 2. The lowest BCUT2D eigenvalue weighted by Crippen LogP contribution is -2.59. The molecule has 0 radical (unpaired) electrons. The summed E-state index contributed by atoms with van der Waals surface area (Å²) in [6.07, 6.45) is 6.83. The van der Waals surface area contributed by atoms with Crippen molar-refractivity contribution < 1.29 is 80.7 Å². The van der Waals surface area contributed by atoms with Gasteiger partial charge in [-0.15, -0.1) is 0 Å². The van der Waals surface area contributed by atoms with E-state index in [2.05, 4.69) is 101 Å². The number of fused-ring (bicyclic) bond motifs is 7. The van der Waals surface area contributed by atoms with E-state index in [1.807, 2.05) is 41.5 Å². The molecule has 7 aliphatic rings. The number of carbonyl (C=O) groups excluding carboxylic acids is 2. The SMILES string of the molecule is CC(C)(C)OC(=O)N1CC2COCC(C1)C2O.COc1c(Cl)ncnc1Cl.COc1c(Cl)ncnc1NCCBr.COc1c(Cl)ncnc1NCCO.Clc1ncnc2c1OCCN2.[C-]#[N+]c1ccc(N2CCOc3c(Cl)ncnc32)c(F)c1.[C-]#[N+]c1ccc(N2CCOc3c(OC4C5COCC4CN(C(=O)OC(C)(C)C)C5)ncnc32)c(F)c1. The van der Waals surface area contributed by atoms with Crippen molar-refractivity contribution in [2.45, 2.75) is 65.0 Å². The Bertz CT molecular complexity index is 4760. The molecule has 4 atom stereocenters. The standard InChI is InChI=1S/C25H28FN5O5.C13H8ClFN4O.C12H21NO4.C7H9BrClN3O.C7H10ClN3O2.C6H6ClN3O.C5H4Cl2N2O/c1-25(2,3)36-24(32)30-10-15-12-33-13-16(11-30)20(15)35-23-21-22(28-14-29-23)31(7-8-34-21)19-6-5-17(27-4)9-18(19)26;1-16-8-2-3-10(9(15)6-8)19-4-5-20-11-12(14)17-7-18-13(11)19;1-12(2,3)17-11(15)13-4-8-6-16-7-9(5-13)10(8)14;1-13-5-6(9)11-4-12-7(5)10-3-2-8;1-13-5-6(8)10-4-11-7(5)9-2-3-12;7-5-4-6(10-3-9-5)8-1-2-11-4;1-10-3-4(6)8-2-9-5(3)7/h5-6,9,14-16,20H,7-8,10-13H2,1-3H3;2-3,6-7H,4-5H2;8-10,14H,4-7H2,1-3H3;4H,2-3H2,1H3,(H,10,11,12);4,12H,2-3H2,1H3,(H,9,10,11);3H,1-2H2,(H,8,9,10);2H,1H3. The second-order valence-electron chi connectivity index (χ2n) is 28.1. The number of aromatic nitrogens is 12. The van der Waals surface area contributed by atoms with Gasteiger partial charge in [-0.05, 0) is 65.8 Å². The summed E-state index contributed by atoms with van der Waals surface area (Å²) in [6.45, 7) is 32.9. The van der Waals surface area contributed by atoms with Crippen LogP contribution in [0.15, 0.2) is 74.4 Å². The molecule has 120 heavy (non-hydrogen) atoms. The molecular weight excluding hydrogens is 1770 g/mol. The third-order valence-electron chi connectivity index (χ3n) is 17.5. The largest absolute Gasteiger partial charge is 0.491 e. The number of anilines is 7. The second kappa shape index (κ2) is 45.0. The molecule has 15 rings (SSSR count). The lowest BCUT2D eigenvalue weighted by Gasteiger charge is -2.46. The van der Waals surface area contributed by atoms with Crippen LogP contribution < -0.4 is 58.9 Å². The van der Waals surface area contributed by atoms with Crippen molar-refractivity contribution in [1.29, 1.82) is 0 Å². The number of halogens is 9. The zero-order valence-electron chi connectivity index (χ0n) is 66.3. The number of hydrogen-bond acceptors (Lipinski definition) is 32. The Morgan fingerprint density at radius 2 is 0.967 bits per heavy atom. The van der Waals surface area contributed by atoms with Gasteiger partial charge in [-0.1, -0.05) is 97.7 Å². The molecule has 36 nitrogen and oxygen atoms in total. The lowest BCUT2D eigenvalue weighted by molar-refractivity contribution is -0.122. The monoisotopic (exact) mass is 1850 g/mol. The van der Waals surface area contributed by atoms with E-state index in [0.717, 1.165) is 18.4 Å². The molecule has 4 saturated heterocycles. The van der Waals surface area contributed by atoms with Gasteiger partial charge in [0.15, 0.2) is 100 Å². The van der Waals surface area contributed by atoms with E-state index < -0.39 is 22.8 Å². The number of nitrogens with one attached hydrogen (secondary N) is 3. The molecule has 7 aliphatic heterocycles. The van der Waals surface area contributed by atoms with Crippen LogP contribution in [-0.2, 0) is 18.9 Å². The minimum absolute atomic E-state index is 0.0186. The summed E-state index contributed by atoms with van der Waals surface area (Å²) in [6, 6.07) is 8.64. The molecule has 6 aromatic heterocycles. The number of hydrogen-bond donors (Lipinski definition) is 5. The fraction of sp³-hybridized carbons (Fsp3) is 0.467. The zero-order valence-corrected chi connectivity index (χ0v) is 72.4. The third-order valence-corrected chi connectivity index (χ3v) is 19.5. The van der Waals surface area contributed by atoms with E-state index in [9.17, 15) is 23.5 Å². The number of amides is 2. The van der Waals surface area contributed by atoms with Gasteiger partial charge in [-0.2, -0.15) is 4.98 Å². The molecule has 0 spiro atoms. The summed E-state index contributed by atoms with van der Waals surface area (Å²) < 4.78 is 88.7. The molecule has 644 valence electrons. The van der Waals surface area contributed by atoms with Crippen molar-refractivity contribution >= 4 is 150 Å². The van der Waals surface area contributed by atoms with Crippen LogP contribution >= 0.6 is 85.5 Å². The highest BCUT2D eigenvalue weighted by atomic mass is 79.9. The maximum atomic E-state index is 14.8. The number of nitrogens with zero attached hydrogens (tertiary/aromatic N) is 18. The zero-order chi connectivity index (χ0) is 86.8. The minimum Gasteiger partial charge on any atom is -0.491 e. The average molecular weight is 1850 g/mol. The number of piperidine rings is 2. The molecule has 8 aromatic rings. The van der Waals surface area contributed by atoms with Crippen molar-refractivity contribution in [2.24, 2.45) is 23.7 Å². The molecule has 2 amide bonds. The number of likely N-dealkylation sites (tertiary alicyclic amines) is 2. The van der Waals surface area contributed by atoms with Gasteiger partial charge in [0.05, 0.1) is 105 Å². The van der Waals surface area contributed by atoms with Crippen LogP contribution in [0.4, 0.5) is 70.2 Å². The van der Waals surface area contributed by atoms with Crippen LogP contribution in [-0.4, -0.2) is 254 Å². The number of benzene rings is 2. The summed E-state index contributed by atoms with van der Waals surface area (Å²) in [7, 11) is 4.47. The Kier molecular flexibility index (Phi) is 35.2. The van der Waals surface area contributed by atoms with Gasteiger partial charge in [0, 0.05) is 68.3 Å². The summed E-state index contributed by atoms with van der Waals surface area (Å²) in [5.74, 6) is 4.17. The molecule has 0 aliphatic carbocycles. The second-order valence-corrected chi connectivity index (χ2v) is 31.0. The molecule has 45 heteroatoms. The average Bonchev–Trinajstić information content (AvgIpc) is 0.751. The van der Waals surface area contributed by atoms with Crippen molar-refractivity contribution in [3.8, 4) is 40.4 Å². The maximum Gasteiger partial charge on any atom is 0.410 e. The molecule has 4 fully saturated rings. The summed E-state index contributed by atoms with van der Waals surface area (Å²) in [5, 5.41) is 29.9. The topological polar surface area (TPSA) is 389 Å². The Morgan fingerprint density at radius 3 is 1.42 bits per heavy atom. The number of rotatable bonds is 13. The van der Waals surface area contributed by atoms with E-state index in [1.165, 1.54) is 71.4 Å². The fourth-order valence-corrected chi connectivity index (χ4v) is 13.8. The summed E-state index contributed by atoms with van der Waals surface area (Å²) in [5.41, 5.74) is 0.0565. The Labute approximate surface area is 728 Å². The third kappa shape index (κ3) is 25.8. The van der Waals surface area contributed by atoms with E-state index in [4.69, 9.17) is 140 Å². The van der Waals surface area contributed by atoms with E-state index in [0.29, 0.717) is 171 Å². The first kappa shape index (κ1) is 93.8. The van der Waals surface area contributed by atoms with Gasteiger partial charge in [-0.25, -0.2) is 82.9 Å². The molecule has 2 aromatic carbocycles. The summed E-state index contributed by atoms with van der Waals surface area (Å²) in [4.78, 5) is 84.9. The molecular formula is C75H86BrCl6F2N21O15. The number of ether oxygens (including phenoxy) is 11. The highest BCUT2D eigenvalue weighted by Crippen LogP contribution is 2.45. The van der Waals surface area contributed by atoms with Crippen LogP contribution in [0.2, 0.25) is 30.9 Å². The Hall–Kier alpha value is -10.0. The van der Waals surface area contributed by atoms with Crippen LogP contribution in [0.25, 0.3) is 9.69 Å². The van der Waals surface area contributed by atoms with E-state index in [-0.39, 0.29) is 99.1 Å². The normalized spacial score (nSPS) is 18.2. The predicted molar refractivity (Wildman–Crippen MR) is 446 cm³/mol. The van der Waals surface area contributed by atoms with Gasteiger partial charge in [-0.3, -0.25) is 0 Å². The van der Waals surface area contributed by atoms with E-state index >= 15 is 0 Å². The number of alkyl halides is 1. The highest BCUT2D eigenvalue weighted by Gasteiger charge is 2.46. The van der Waals surface area contributed by atoms with Crippen LogP contribution in [0.1, 0.15) is 41.5 Å². The predicted octanol–water partition coefficient (Wildman–Crippen LogP) is 13.4. The Morgan fingerprint density at radius 1 is 0.558 bits per heavy atom. The molecule has 4 unspecified atom stereocenters. The number of aliphatic hydroxyl groups excluding tert-OH is 2. The van der Waals surface area contributed by atoms with Gasteiger partial charge in [0.2, 0.25) is 5.75 Å². The molecule has 4 bridgehead atoms. The van der Waals surface area contributed by atoms with Crippen molar-refractivity contribution in [1.82, 2.24) is 69.6 Å². The van der Waals surface area contributed by atoms with Crippen molar-refractivity contribution in [3.63, 3.8) is 0 Å². The number of methoxy groups -OCH3 is 3. The molecule has 0 saturated carbocycles. The van der Waals surface area contributed by atoms with Crippen molar-refractivity contribution in [3.05, 3.63) is 140 Å². The molecule has 5 N–H and O–H groups in total. The summed E-state index contributed by atoms with van der Waals surface area (Å²) >= 11 is 37.6.